The quantitative estimate of drug-likeness (QED) is 0.572. The van der Waals surface area contributed by atoms with Crippen LogP contribution in [0.3, 0.4) is 0 Å². The number of nitrogens with one attached hydrogen (secondary N) is 1. The first kappa shape index (κ1) is 20.6. The van der Waals surface area contributed by atoms with Crippen molar-refractivity contribution in [2.75, 3.05) is 25.1 Å². The molecule has 3 aromatic carbocycles. The number of ether oxygens (including phenoxy) is 2. The summed E-state index contributed by atoms with van der Waals surface area (Å²) in [5.74, 6) is 0.846. The molecule has 5 nitrogen and oxygen atoms in total. The van der Waals surface area contributed by atoms with Crippen LogP contribution in [-0.2, 0) is 11.2 Å². The average molecular weight is 429 g/mol. The van der Waals surface area contributed by atoms with Gasteiger partial charge in [-0.1, -0.05) is 54.6 Å². The number of nitrogens with zero attached hydrogens (tertiary/aromatic N) is 1. The predicted octanol–water partition coefficient (Wildman–Crippen LogP) is 5.05. The number of carbonyl (C=O) groups is 1. The van der Waals surface area contributed by atoms with Gasteiger partial charge in [0.25, 0.3) is 5.91 Å². The van der Waals surface area contributed by atoms with Gasteiger partial charge in [-0.15, -0.1) is 0 Å². The fourth-order valence-corrected chi connectivity index (χ4v) is 4.46. The Balaban J connectivity index is 1.36. The molecule has 2 unspecified atom stereocenters. The van der Waals surface area contributed by atoms with E-state index in [0.29, 0.717) is 18.7 Å². The van der Waals surface area contributed by atoms with E-state index in [2.05, 4.69) is 17.4 Å². The molecule has 0 aliphatic carbocycles. The molecule has 1 saturated heterocycles. The van der Waals surface area contributed by atoms with Gasteiger partial charge in [0.05, 0.1) is 18.3 Å². The second-order valence-corrected chi connectivity index (χ2v) is 8.34. The summed E-state index contributed by atoms with van der Waals surface area (Å²) in [5.41, 5.74) is 3.82. The highest BCUT2D eigenvalue weighted by Gasteiger charge is 2.35. The third kappa shape index (κ3) is 4.48. The molecule has 3 aromatic rings. The Bertz CT molecular complexity index is 1060. The van der Waals surface area contributed by atoms with E-state index in [1.165, 1.54) is 5.56 Å². The Morgan fingerprint density at radius 1 is 1.00 bits per heavy atom. The topological polar surface area (TPSA) is 50.8 Å². The van der Waals surface area contributed by atoms with Gasteiger partial charge in [0.1, 0.15) is 11.9 Å². The third-order valence-electron chi connectivity index (χ3n) is 6.12. The largest absolute Gasteiger partial charge is 0.493 e. The summed E-state index contributed by atoms with van der Waals surface area (Å²) >= 11 is 0. The smallest absolute Gasteiger partial charge is 0.257 e. The summed E-state index contributed by atoms with van der Waals surface area (Å²) in [6.45, 7) is 1.95. The minimum atomic E-state index is -0.265. The first-order valence-electron chi connectivity index (χ1n) is 11.3. The second kappa shape index (κ2) is 9.45. The maximum absolute atomic E-state index is 13.4. The highest BCUT2D eigenvalue weighted by Crippen LogP contribution is 2.35. The summed E-state index contributed by atoms with van der Waals surface area (Å²) < 4.78 is 11.9. The molecular formula is C27H28N2O3. The van der Waals surface area contributed by atoms with Crippen LogP contribution in [0.2, 0.25) is 0 Å². The zero-order valence-corrected chi connectivity index (χ0v) is 18.1. The third-order valence-corrected chi connectivity index (χ3v) is 6.12. The van der Waals surface area contributed by atoms with E-state index in [4.69, 9.17) is 9.47 Å². The van der Waals surface area contributed by atoms with Crippen molar-refractivity contribution in [2.24, 2.45) is 0 Å². The Morgan fingerprint density at radius 3 is 2.69 bits per heavy atom. The number of hydrogen-bond donors (Lipinski definition) is 1. The number of fused-ring (bicyclic) bond motifs is 1. The molecule has 1 N–H and O–H groups in total. The summed E-state index contributed by atoms with van der Waals surface area (Å²) in [7, 11) is 0. The molecule has 164 valence electrons. The predicted molar refractivity (Wildman–Crippen MR) is 125 cm³/mol. The zero-order valence-electron chi connectivity index (χ0n) is 18.1. The summed E-state index contributed by atoms with van der Waals surface area (Å²) in [4.78, 5) is 15.3. The molecule has 2 aliphatic rings. The van der Waals surface area contributed by atoms with Crippen LogP contribution in [0.25, 0.3) is 0 Å². The summed E-state index contributed by atoms with van der Waals surface area (Å²) in [6.07, 6.45) is 2.70. The van der Waals surface area contributed by atoms with Gasteiger partial charge in [0.15, 0.2) is 0 Å². The molecular weight excluding hydrogens is 400 g/mol. The van der Waals surface area contributed by atoms with Gasteiger partial charge in [0, 0.05) is 25.3 Å². The molecule has 1 amide bonds. The Hall–Kier alpha value is -3.31. The second-order valence-electron chi connectivity index (χ2n) is 8.34. The number of anilines is 1. The van der Waals surface area contributed by atoms with Crippen molar-refractivity contribution in [3.8, 4) is 5.75 Å². The van der Waals surface area contributed by atoms with Crippen LogP contribution < -0.4 is 10.1 Å². The molecule has 32 heavy (non-hydrogen) atoms. The van der Waals surface area contributed by atoms with Crippen LogP contribution >= 0.6 is 0 Å². The number of rotatable bonds is 7. The van der Waals surface area contributed by atoms with Gasteiger partial charge >= 0.3 is 0 Å². The van der Waals surface area contributed by atoms with Crippen LogP contribution in [0.5, 0.6) is 5.75 Å². The lowest BCUT2D eigenvalue weighted by Gasteiger charge is -2.39. The van der Waals surface area contributed by atoms with Crippen molar-refractivity contribution < 1.29 is 14.3 Å². The first-order valence-corrected chi connectivity index (χ1v) is 11.3. The van der Waals surface area contributed by atoms with Gasteiger partial charge in [-0.2, -0.15) is 0 Å². The Labute approximate surface area is 189 Å². The molecule has 5 heteroatoms. The highest BCUT2D eigenvalue weighted by atomic mass is 16.5. The van der Waals surface area contributed by atoms with Gasteiger partial charge < -0.3 is 19.7 Å². The first-order chi connectivity index (χ1) is 15.8. The summed E-state index contributed by atoms with van der Waals surface area (Å²) in [5, 5.41) is 3.57. The number of para-hydroxylation sites is 1. The van der Waals surface area contributed by atoms with Gasteiger partial charge in [0.2, 0.25) is 0 Å². The van der Waals surface area contributed by atoms with Crippen molar-refractivity contribution in [3.63, 3.8) is 0 Å². The molecule has 5 rings (SSSR count). The van der Waals surface area contributed by atoms with Gasteiger partial charge in [-0.25, -0.2) is 0 Å². The summed E-state index contributed by atoms with van der Waals surface area (Å²) in [6, 6.07) is 26.1. The molecule has 0 saturated carbocycles. The molecule has 0 bridgehead atoms. The average Bonchev–Trinajstić information content (AvgIpc) is 3.35. The van der Waals surface area contributed by atoms with Crippen LogP contribution in [0.4, 0.5) is 5.69 Å². The number of benzene rings is 3. The lowest BCUT2D eigenvalue weighted by atomic mass is 10.0. The zero-order chi connectivity index (χ0) is 21.8. The molecule has 2 heterocycles. The fraction of sp³-hybridized carbons (Fsp3) is 0.296. The van der Waals surface area contributed by atoms with Crippen molar-refractivity contribution in [1.82, 2.24) is 4.90 Å². The van der Waals surface area contributed by atoms with E-state index in [-0.39, 0.29) is 18.2 Å². The molecule has 0 spiro atoms. The minimum absolute atomic E-state index is 0.0373. The van der Waals surface area contributed by atoms with Crippen molar-refractivity contribution in [2.45, 2.75) is 31.5 Å². The maximum Gasteiger partial charge on any atom is 0.257 e. The Kier molecular flexibility index (Phi) is 6.08. The molecule has 1 fully saturated rings. The Morgan fingerprint density at radius 2 is 1.84 bits per heavy atom. The van der Waals surface area contributed by atoms with E-state index in [0.717, 1.165) is 42.9 Å². The monoisotopic (exact) mass is 428 g/mol. The van der Waals surface area contributed by atoms with Crippen LogP contribution in [-0.4, -0.2) is 36.7 Å². The lowest BCUT2D eigenvalue weighted by molar-refractivity contribution is 0.0426. The SMILES string of the molecule is O=C1c2ccccc2NC(c2cccc(OCCc3ccccc3)c2)N1CC1CCCO1. The molecule has 2 atom stereocenters. The van der Waals surface area contributed by atoms with E-state index in [1.807, 2.05) is 71.6 Å². The van der Waals surface area contributed by atoms with Crippen LogP contribution in [0.15, 0.2) is 78.9 Å². The molecule has 2 aliphatic heterocycles. The van der Waals surface area contributed by atoms with Crippen molar-refractivity contribution >= 4 is 11.6 Å². The van der Waals surface area contributed by atoms with Gasteiger partial charge in [-0.05, 0) is 48.2 Å². The minimum Gasteiger partial charge on any atom is -0.493 e. The lowest BCUT2D eigenvalue weighted by Crippen LogP contribution is -2.46. The fourth-order valence-electron chi connectivity index (χ4n) is 4.46. The van der Waals surface area contributed by atoms with E-state index in [9.17, 15) is 4.79 Å². The van der Waals surface area contributed by atoms with Crippen molar-refractivity contribution in [1.29, 1.82) is 0 Å². The molecule has 0 radical (unpaired) electrons. The van der Waals surface area contributed by atoms with E-state index < -0.39 is 0 Å². The maximum atomic E-state index is 13.4. The number of amides is 1. The normalized spacial score (nSPS) is 20.0. The number of hydrogen-bond acceptors (Lipinski definition) is 4. The molecule has 0 aromatic heterocycles. The van der Waals surface area contributed by atoms with Crippen molar-refractivity contribution in [3.05, 3.63) is 95.6 Å². The van der Waals surface area contributed by atoms with E-state index >= 15 is 0 Å². The van der Waals surface area contributed by atoms with E-state index in [1.54, 1.807) is 0 Å². The van der Waals surface area contributed by atoms with Crippen LogP contribution in [0, 0.1) is 0 Å². The van der Waals surface area contributed by atoms with Crippen LogP contribution in [0.1, 0.15) is 40.5 Å². The highest BCUT2D eigenvalue weighted by molar-refractivity contribution is 6.01. The standard InChI is InChI=1S/C27H28N2O3/c30-27-24-13-4-5-14-25(24)28-26(29(27)19-23-12-7-16-31-23)21-10-6-11-22(18-21)32-17-15-20-8-2-1-3-9-20/h1-6,8-11,13-14,18,23,26,28H,7,12,15-17,19H2. The number of carbonyl (C=O) groups excluding carboxylic acids is 1. The van der Waals surface area contributed by atoms with Gasteiger partial charge in [-0.3, -0.25) is 4.79 Å².